The third-order valence-electron chi connectivity index (χ3n) is 2.79. The van der Waals surface area contributed by atoms with Gasteiger partial charge in [0.1, 0.15) is 11.6 Å². The number of anilines is 2. The number of pyridine rings is 1. The van der Waals surface area contributed by atoms with Crippen LogP contribution in [0.25, 0.3) is 0 Å². The lowest BCUT2D eigenvalue weighted by atomic mass is 10.2. The van der Waals surface area contributed by atoms with Crippen molar-refractivity contribution in [2.45, 2.75) is 6.10 Å². The third-order valence-corrected chi connectivity index (χ3v) is 3.36. The molecule has 1 aromatic rings. The summed E-state index contributed by atoms with van der Waals surface area (Å²) >= 11 is 12.2. The molecule has 0 amide bonds. The molecule has 1 saturated heterocycles. The highest BCUT2D eigenvalue weighted by Crippen LogP contribution is 2.32. The topological polar surface area (TPSA) is 57.6 Å². The molecule has 18 heavy (non-hydrogen) atoms. The normalized spacial score (nSPS) is 20.0. The van der Waals surface area contributed by atoms with Crippen molar-refractivity contribution in [1.29, 1.82) is 0 Å². The van der Waals surface area contributed by atoms with Gasteiger partial charge in [-0.05, 0) is 6.07 Å². The molecule has 1 aliphatic heterocycles. The highest BCUT2D eigenvalue weighted by molar-refractivity contribution is 6.37. The Kier molecular flexibility index (Phi) is 4.50. The molecule has 1 aromatic heterocycles. The SMILES string of the molecule is CNc1nc(N2CCOC(CO)C2)c(Cl)cc1Cl. The van der Waals surface area contributed by atoms with Crippen molar-refractivity contribution in [3.8, 4) is 0 Å². The first-order chi connectivity index (χ1) is 8.65. The fourth-order valence-corrected chi connectivity index (χ4v) is 2.45. The number of nitrogens with zero attached hydrogens (tertiary/aromatic N) is 2. The second kappa shape index (κ2) is 5.93. The molecular formula is C11H15Cl2N3O2. The van der Waals surface area contributed by atoms with Crippen LogP contribution in [0.5, 0.6) is 0 Å². The van der Waals surface area contributed by atoms with Crippen molar-refractivity contribution in [3.05, 3.63) is 16.1 Å². The fraction of sp³-hybridized carbons (Fsp3) is 0.545. The van der Waals surface area contributed by atoms with E-state index in [1.54, 1.807) is 13.1 Å². The molecule has 1 unspecified atom stereocenters. The first-order valence-electron chi connectivity index (χ1n) is 5.67. The van der Waals surface area contributed by atoms with Gasteiger partial charge in [-0.25, -0.2) is 4.98 Å². The van der Waals surface area contributed by atoms with Crippen LogP contribution >= 0.6 is 23.2 Å². The van der Waals surface area contributed by atoms with E-state index in [9.17, 15) is 0 Å². The molecule has 7 heteroatoms. The average molecular weight is 292 g/mol. The van der Waals surface area contributed by atoms with E-state index in [1.807, 2.05) is 4.90 Å². The minimum absolute atomic E-state index is 0.0133. The Hall–Kier alpha value is -0.750. The van der Waals surface area contributed by atoms with Crippen LogP contribution in [0.4, 0.5) is 11.6 Å². The number of aliphatic hydroxyl groups excluding tert-OH is 1. The Morgan fingerprint density at radius 1 is 1.56 bits per heavy atom. The quantitative estimate of drug-likeness (QED) is 0.886. The zero-order valence-corrected chi connectivity index (χ0v) is 11.5. The smallest absolute Gasteiger partial charge is 0.150 e. The van der Waals surface area contributed by atoms with E-state index >= 15 is 0 Å². The summed E-state index contributed by atoms with van der Waals surface area (Å²) in [5.74, 6) is 1.25. The first-order valence-corrected chi connectivity index (χ1v) is 6.42. The summed E-state index contributed by atoms with van der Waals surface area (Å²) in [6.07, 6.45) is -0.203. The highest BCUT2D eigenvalue weighted by Gasteiger charge is 2.23. The van der Waals surface area contributed by atoms with E-state index in [2.05, 4.69) is 10.3 Å². The van der Waals surface area contributed by atoms with E-state index in [4.69, 9.17) is 33.0 Å². The number of aliphatic hydroxyl groups is 1. The number of ether oxygens (including phenoxy) is 1. The predicted molar refractivity (Wildman–Crippen MR) is 72.8 cm³/mol. The Bertz CT molecular complexity index is 431. The van der Waals surface area contributed by atoms with Gasteiger partial charge in [-0.3, -0.25) is 0 Å². The summed E-state index contributed by atoms with van der Waals surface area (Å²) in [4.78, 5) is 6.39. The number of morpholine rings is 1. The summed E-state index contributed by atoms with van der Waals surface area (Å²) in [6.45, 7) is 1.78. The van der Waals surface area contributed by atoms with Crippen molar-refractivity contribution in [1.82, 2.24) is 4.98 Å². The van der Waals surface area contributed by atoms with E-state index in [1.165, 1.54) is 0 Å². The summed E-state index contributed by atoms with van der Waals surface area (Å²) < 4.78 is 5.39. The second-order valence-corrected chi connectivity index (χ2v) is 4.81. The average Bonchev–Trinajstić information content (AvgIpc) is 2.39. The van der Waals surface area contributed by atoms with Crippen LogP contribution in [0.2, 0.25) is 10.0 Å². The molecule has 0 saturated carbocycles. The maximum absolute atomic E-state index is 9.13. The summed E-state index contributed by atoms with van der Waals surface area (Å²) in [5, 5.41) is 13.0. The minimum atomic E-state index is -0.203. The van der Waals surface area contributed by atoms with Crippen LogP contribution < -0.4 is 10.2 Å². The van der Waals surface area contributed by atoms with Gasteiger partial charge in [-0.2, -0.15) is 0 Å². The molecule has 2 heterocycles. The largest absolute Gasteiger partial charge is 0.394 e. The number of nitrogens with one attached hydrogen (secondary N) is 1. The van der Waals surface area contributed by atoms with Gasteiger partial charge >= 0.3 is 0 Å². The van der Waals surface area contributed by atoms with Crippen molar-refractivity contribution < 1.29 is 9.84 Å². The van der Waals surface area contributed by atoms with Crippen LogP contribution in [0, 0.1) is 0 Å². The molecule has 1 aliphatic rings. The van der Waals surface area contributed by atoms with Gasteiger partial charge < -0.3 is 20.1 Å². The zero-order chi connectivity index (χ0) is 13.1. The van der Waals surface area contributed by atoms with Crippen molar-refractivity contribution in [2.24, 2.45) is 0 Å². The molecule has 0 radical (unpaired) electrons. The monoisotopic (exact) mass is 291 g/mol. The second-order valence-electron chi connectivity index (χ2n) is 4.00. The van der Waals surface area contributed by atoms with Crippen molar-refractivity contribution >= 4 is 34.8 Å². The minimum Gasteiger partial charge on any atom is -0.394 e. The number of rotatable bonds is 3. The van der Waals surface area contributed by atoms with Gasteiger partial charge in [-0.1, -0.05) is 23.2 Å². The lowest BCUT2D eigenvalue weighted by molar-refractivity contribution is 0.00337. The van der Waals surface area contributed by atoms with Crippen LogP contribution in [-0.4, -0.2) is 49.5 Å². The Morgan fingerprint density at radius 3 is 3.00 bits per heavy atom. The number of halogens is 2. The van der Waals surface area contributed by atoms with Gasteiger partial charge in [0.05, 0.1) is 29.4 Å². The molecule has 1 fully saturated rings. The molecule has 100 valence electrons. The molecule has 2 rings (SSSR count). The van der Waals surface area contributed by atoms with Crippen LogP contribution in [0.3, 0.4) is 0 Å². The lowest BCUT2D eigenvalue weighted by Crippen LogP contribution is -2.44. The summed E-state index contributed by atoms with van der Waals surface area (Å²) in [7, 11) is 1.75. The van der Waals surface area contributed by atoms with Gasteiger partial charge in [0.15, 0.2) is 0 Å². The lowest BCUT2D eigenvalue weighted by Gasteiger charge is -2.33. The van der Waals surface area contributed by atoms with Crippen LogP contribution in [0.15, 0.2) is 6.07 Å². The number of hydrogen-bond acceptors (Lipinski definition) is 5. The van der Waals surface area contributed by atoms with E-state index in [0.29, 0.717) is 41.4 Å². The van der Waals surface area contributed by atoms with E-state index < -0.39 is 0 Å². The van der Waals surface area contributed by atoms with E-state index in [-0.39, 0.29) is 12.7 Å². The molecule has 5 nitrogen and oxygen atoms in total. The molecule has 0 aromatic carbocycles. The van der Waals surface area contributed by atoms with Crippen molar-refractivity contribution in [3.63, 3.8) is 0 Å². The van der Waals surface area contributed by atoms with Crippen molar-refractivity contribution in [2.75, 3.05) is 43.6 Å². The van der Waals surface area contributed by atoms with Crippen LogP contribution in [-0.2, 0) is 4.74 Å². The molecule has 0 spiro atoms. The Labute approximate surface area is 116 Å². The Morgan fingerprint density at radius 2 is 2.33 bits per heavy atom. The highest BCUT2D eigenvalue weighted by atomic mass is 35.5. The van der Waals surface area contributed by atoms with Gasteiger partial charge in [0, 0.05) is 20.1 Å². The fourth-order valence-electron chi connectivity index (χ4n) is 1.88. The maximum Gasteiger partial charge on any atom is 0.150 e. The third kappa shape index (κ3) is 2.80. The standard InChI is InChI=1S/C11H15Cl2N3O2/c1-14-10-8(12)4-9(13)11(15-10)16-2-3-18-7(5-16)6-17/h4,7,17H,2-3,5-6H2,1H3,(H,14,15). The summed E-state index contributed by atoms with van der Waals surface area (Å²) in [5.41, 5.74) is 0. The van der Waals surface area contributed by atoms with Crippen LogP contribution in [0.1, 0.15) is 0 Å². The van der Waals surface area contributed by atoms with Gasteiger partial charge in [0.2, 0.25) is 0 Å². The molecule has 1 atom stereocenters. The number of aromatic nitrogens is 1. The van der Waals surface area contributed by atoms with Gasteiger partial charge in [-0.15, -0.1) is 0 Å². The number of hydrogen-bond donors (Lipinski definition) is 2. The summed E-state index contributed by atoms with van der Waals surface area (Å²) in [6, 6.07) is 1.67. The molecule has 2 N–H and O–H groups in total. The van der Waals surface area contributed by atoms with E-state index in [0.717, 1.165) is 0 Å². The zero-order valence-electron chi connectivity index (χ0n) is 9.99. The first kappa shape index (κ1) is 13.7. The molecule has 0 aliphatic carbocycles. The Balaban J connectivity index is 2.26. The molecule has 0 bridgehead atoms. The maximum atomic E-state index is 9.13. The predicted octanol–water partition coefficient (Wildman–Crippen LogP) is 1.63. The van der Waals surface area contributed by atoms with Gasteiger partial charge in [0.25, 0.3) is 0 Å². The molecular weight excluding hydrogens is 277 g/mol.